The number of ether oxygens (including phenoxy) is 1. The number of benzene rings is 1. The van der Waals surface area contributed by atoms with E-state index in [0.29, 0.717) is 13.0 Å². The maximum absolute atomic E-state index is 13.2. The molecule has 0 aromatic heterocycles. The third-order valence-electron chi connectivity index (χ3n) is 6.37. The van der Waals surface area contributed by atoms with Gasteiger partial charge in [-0.25, -0.2) is 4.79 Å². The van der Waals surface area contributed by atoms with Crippen LogP contribution in [0.3, 0.4) is 0 Å². The Morgan fingerprint density at radius 2 is 1.79 bits per heavy atom. The summed E-state index contributed by atoms with van der Waals surface area (Å²) in [6.45, 7) is 6.61. The third kappa shape index (κ3) is 12.4. The highest BCUT2D eigenvalue weighted by Crippen LogP contribution is 2.25. The molecule has 0 saturated carbocycles. The van der Waals surface area contributed by atoms with Crippen LogP contribution in [0.5, 0.6) is 0 Å². The average molecular weight is 590 g/mol. The van der Waals surface area contributed by atoms with Crippen molar-refractivity contribution in [2.24, 2.45) is 5.92 Å². The van der Waals surface area contributed by atoms with Crippen LogP contribution in [0.25, 0.3) is 0 Å². The van der Waals surface area contributed by atoms with Gasteiger partial charge < -0.3 is 41.3 Å². The first-order valence-electron chi connectivity index (χ1n) is 13.9. The number of guanidine groups is 1. The number of aliphatic carboxylic acids is 1. The molecule has 42 heavy (non-hydrogen) atoms. The highest BCUT2D eigenvalue weighted by atomic mass is 16.6. The van der Waals surface area contributed by atoms with Gasteiger partial charge in [0.1, 0.15) is 11.6 Å². The van der Waals surface area contributed by atoms with Gasteiger partial charge in [-0.1, -0.05) is 18.2 Å². The number of hydrogen-bond donors (Lipinski definition) is 7. The van der Waals surface area contributed by atoms with Crippen molar-refractivity contribution in [2.75, 3.05) is 31.5 Å². The van der Waals surface area contributed by atoms with Crippen molar-refractivity contribution in [3.05, 3.63) is 30.3 Å². The van der Waals surface area contributed by atoms with Crippen LogP contribution < -0.4 is 26.6 Å². The number of carbonyl (C=O) groups excluding carboxylic acids is 4. The van der Waals surface area contributed by atoms with Crippen LogP contribution in [0.4, 0.5) is 10.5 Å². The fraction of sp³-hybridized carbons (Fsp3) is 0.571. The second-order valence-corrected chi connectivity index (χ2v) is 11.1. The molecule has 232 valence electrons. The van der Waals surface area contributed by atoms with E-state index in [2.05, 4.69) is 26.6 Å². The monoisotopic (exact) mass is 589 g/mol. The maximum atomic E-state index is 13.2. The number of hydrogen-bond acceptors (Lipinski definition) is 7. The van der Waals surface area contributed by atoms with E-state index < -0.39 is 53.4 Å². The minimum absolute atomic E-state index is 0.0379. The molecule has 2 unspecified atom stereocenters. The maximum Gasteiger partial charge on any atom is 0.410 e. The molecule has 1 aliphatic heterocycles. The lowest BCUT2D eigenvalue weighted by molar-refractivity contribution is -0.144. The van der Waals surface area contributed by atoms with Crippen LogP contribution in [-0.4, -0.2) is 89.6 Å². The number of carboxylic acids is 1. The molecule has 1 saturated heterocycles. The topological polar surface area (TPSA) is 202 Å². The van der Waals surface area contributed by atoms with Crippen LogP contribution in [0.15, 0.2) is 30.3 Å². The van der Waals surface area contributed by atoms with Gasteiger partial charge in [0, 0.05) is 32.2 Å². The van der Waals surface area contributed by atoms with Gasteiger partial charge in [-0.15, -0.1) is 0 Å². The molecule has 0 bridgehead atoms. The summed E-state index contributed by atoms with van der Waals surface area (Å²) < 4.78 is 5.48. The molecule has 1 aliphatic rings. The number of amides is 4. The summed E-state index contributed by atoms with van der Waals surface area (Å²) in [5.41, 5.74) is -0.00974. The van der Waals surface area contributed by atoms with E-state index >= 15 is 0 Å². The molecule has 1 heterocycles. The van der Waals surface area contributed by atoms with Crippen LogP contribution >= 0.6 is 0 Å². The van der Waals surface area contributed by atoms with E-state index in [0.717, 1.165) is 5.69 Å². The largest absolute Gasteiger partial charge is 0.481 e. The van der Waals surface area contributed by atoms with Gasteiger partial charge in [-0.2, -0.15) is 0 Å². The Morgan fingerprint density at radius 3 is 2.40 bits per heavy atom. The molecular formula is C28H43N7O7. The number of nitrogens with zero attached hydrogens (tertiary/aromatic N) is 1. The van der Waals surface area contributed by atoms with Crippen LogP contribution in [0.2, 0.25) is 0 Å². The minimum atomic E-state index is -0.974. The minimum Gasteiger partial charge on any atom is -0.481 e. The highest BCUT2D eigenvalue weighted by molar-refractivity contribution is 5.91. The van der Waals surface area contributed by atoms with E-state index in [1.165, 1.54) is 11.8 Å². The van der Waals surface area contributed by atoms with Gasteiger partial charge in [-0.05, 0) is 58.6 Å². The fourth-order valence-electron chi connectivity index (χ4n) is 4.32. The number of carbonyl (C=O) groups is 5. The fourth-order valence-corrected chi connectivity index (χ4v) is 4.32. The average Bonchev–Trinajstić information content (AvgIpc) is 2.91. The van der Waals surface area contributed by atoms with E-state index in [1.54, 1.807) is 20.8 Å². The van der Waals surface area contributed by atoms with Gasteiger partial charge in [0.05, 0.1) is 18.5 Å². The number of carboxylic acid groups (broad SMARTS) is 1. The second kappa shape index (κ2) is 16.2. The Hall–Kier alpha value is -4.36. The van der Waals surface area contributed by atoms with Gasteiger partial charge in [-0.3, -0.25) is 24.6 Å². The molecule has 14 nitrogen and oxygen atoms in total. The molecule has 1 aromatic rings. The number of likely N-dealkylation sites (tertiary alicyclic amines) is 1. The lowest BCUT2D eigenvalue weighted by Gasteiger charge is -2.39. The van der Waals surface area contributed by atoms with Crippen LogP contribution in [-0.2, 0) is 23.9 Å². The molecule has 3 atom stereocenters. The molecule has 4 amide bonds. The first kappa shape index (κ1) is 33.8. The molecular weight excluding hydrogens is 546 g/mol. The van der Waals surface area contributed by atoms with E-state index in [-0.39, 0.29) is 44.9 Å². The SMILES string of the molecule is CC(=O)NCC(=O)N[C@@H](CCCNC(=N)Nc1ccccc1)C(=O)NCC1CC(C(=O)O)CCN1C(=O)OC(C)(C)C. The summed E-state index contributed by atoms with van der Waals surface area (Å²) in [4.78, 5) is 62.7. The predicted octanol–water partition coefficient (Wildman–Crippen LogP) is 1.24. The molecule has 1 fully saturated rings. The van der Waals surface area contributed by atoms with Crippen molar-refractivity contribution < 1.29 is 33.8 Å². The zero-order valence-corrected chi connectivity index (χ0v) is 24.6. The summed E-state index contributed by atoms with van der Waals surface area (Å²) in [6.07, 6.45) is 0.424. The van der Waals surface area contributed by atoms with Gasteiger partial charge in [0.15, 0.2) is 5.96 Å². The Bertz CT molecular complexity index is 1110. The van der Waals surface area contributed by atoms with Crippen molar-refractivity contribution in [1.29, 1.82) is 5.41 Å². The smallest absolute Gasteiger partial charge is 0.410 e. The van der Waals surface area contributed by atoms with Crippen molar-refractivity contribution in [2.45, 2.75) is 71.1 Å². The lowest BCUT2D eigenvalue weighted by Crippen LogP contribution is -2.55. The molecule has 0 spiro atoms. The second-order valence-electron chi connectivity index (χ2n) is 11.1. The standard InChI is InChI=1S/C28H43N7O7/c1-18(36)31-17-23(37)34-22(11-8-13-30-26(29)33-20-9-6-5-7-10-20)24(38)32-16-21-15-19(25(39)40)12-14-35(21)27(41)42-28(2,3)4/h5-7,9-10,19,21-22H,8,11-17H2,1-4H3,(H,31,36)(H,32,38)(H,34,37)(H,39,40)(H3,29,30,33)/t19?,21?,22-/m0/s1. The van der Waals surface area contributed by atoms with Gasteiger partial charge >= 0.3 is 12.1 Å². The first-order valence-corrected chi connectivity index (χ1v) is 13.9. The van der Waals surface area contributed by atoms with Crippen molar-refractivity contribution >= 4 is 41.4 Å². The van der Waals surface area contributed by atoms with Crippen molar-refractivity contribution in [1.82, 2.24) is 26.2 Å². The van der Waals surface area contributed by atoms with E-state index in [4.69, 9.17) is 10.1 Å². The summed E-state index contributed by atoms with van der Waals surface area (Å²) >= 11 is 0. The predicted molar refractivity (Wildman–Crippen MR) is 156 cm³/mol. The highest BCUT2D eigenvalue weighted by Gasteiger charge is 2.37. The Kier molecular flexibility index (Phi) is 13.0. The summed E-state index contributed by atoms with van der Waals surface area (Å²) in [5.74, 6) is -3.06. The quantitative estimate of drug-likeness (QED) is 0.106. The van der Waals surface area contributed by atoms with Crippen molar-refractivity contribution in [3.63, 3.8) is 0 Å². The zero-order valence-electron chi connectivity index (χ0n) is 24.6. The summed E-state index contributed by atoms with van der Waals surface area (Å²) in [6, 6.07) is 7.57. The number of para-hydroxylation sites is 1. The molecule has 0 radical (unpaired) electrons. The zero-order chi connectivity index (χ0) is 31.3. The Morgan fingerprint density at radius 1 is 1.10 bits per heavy atom. The number of piperidine rings is 1. The molecule has 7 N–H and O–H groups in total. The molecule has 2 rings (SSSR count). The Balaban J connectivity index is 2.01. The Labute approximate surface area is 245 Å². The molecule has 0 aliphatic carbocycles. The molecule has 14 heteroatoms. The first-order chi connectivity index (χ1) is 19.7. The van der Waals surface area contributed by atoms with Crippen LogP contribution in [0, 0.1) is 11.3 Å². The van der Waals surface area contributed by atoms with Gasteiger partial charge in [0.2, 0.25) is 17.7 Å². The number of anilines is 1. The molecule has 1 aromatic carbocycles. The summed E-state index contributed by atoms with van der Waals surface area (Å²) in [5, 5.41) is 31.2. The van der Waals surface area contributed by atoms with Crippen LogP contribution in [0.1, 0.15) is 53.4 Å². The third-order valence-corrected chi connectivity index (χ3v) is 6.37. The normalized spacial score (nSPS) is 17.3. The number of nitrogens with one attached hydrogen (secondary N) is 6. The van der Waals surface area contributed by atoms with E-state index in [1.807, 2.05) is 30.3 Å². The summed E-state index contributed by atoms with van der Waals surface area (Å²) in [7, 11) is 0. The number of rotatable bonds is 12. The van der Waals surface area contributed by atoms with E-state index in [9.17, 15) is 29.1 Å². The lowest BCUT2D eigenvalue weighted by atomic mass is 9.91. The van der Waals surface area contributed by atoms with Crippen molar-refractivity contribution in [3.8, 4) is 0 Å². The van der Waals surface area contributed by atoms with Gasteiger partial charge in [0.25, 0.3) is 0 Å².